The van der Waals surface area contributed by atoms with Crippen LogP contribution in [0.5, 0.6) is 0 Å². The molecule has 114 valence electrons. The molecular formula is C9H9ClF2O7S. The maximum absolute atomic E-state index is 13.1. The molecule has 2 aliphatic rings. The molecule has 1 saturated heterocycles. The van der Waals surface area contributed by atoms with Crippen molar-refractivity contribution in [3.63, 3.8) is 0 Å². The molecule has 0 radical (unpaired) electrons. The largest absolute Gasteiger partial charge is 0.465 e. The highest BCUT2D eigenvalue weighted by atomic mass is 35.5. The van der Waals surface area contributed by atoms with Crippen LogP contribution in [0.4, 0.5) is 8.78 Å². The summed E-state index contributed by atoms with van der Waals surface area (Å²) >= 11 is 5.84. The molecule has 1 saturated carbocycles. The summed E-state index contributed by atoms with van der Waals surface area (Å²) in [5.41, 5.74) is 0. The van der Waals surface area contributed by atoms with E-state index in [0.29, 0.717) is 0 Å². The zero-order chi connectivity index (χ0) is 15.3. The van der Waals surface area contributed by atoms with Crippen LogP contribution in [0.3, 0.4) is 0 Å². The zero-order valence-corrected chi connectivity index (χ0v) is 11.2. The van der Waals surface area contributed by atoms with Crippen LogP contribution in [-0.2, 0) is 29.2 Å². The normalized spacial score (nSPS) is 33.7. The van der Waals surface area contributed by atoms with Crippen molar-refractivity contribution in [2.24, 2.45) is 5.92 Å². The Morgan fingerprint density at radius 3 is 2.60 bits per heavy atom. The Labute approximate surface area is 116 Å². The molecule has 0 aromatic rings. The van der Waals surface area contributed by atoms with Gasteiger partial charge in [0.1, 0.15) is 6.10 Å². The number of alkyl halides is 3. The van der Waals surface area contributed by atoms with Crippen molar-refractivity contribution in [1.82, 2.24) is 0 Å². The number of hydrogen-bond donors (Lipinski definition) is 1. The van der Waals surface area contributed by atoms with Crippen molar-refractivity contribution < 1.29 is 40.8 Å². The number of hydrogen-bond acceptors (Lipinski definition) is 6. The quantitative estimate of drug-likeness (QED) is 0.450. The zero-order valence-electron chi connectivity index (χ0n) is 9.66. The monoisotopic (exact) mass is 334 g/mol. The van der Waals surface area contributed by atoms with Gasteiger partial charge in [0, 0.05) is 5.92 Å². The van der Waals surface area contributed by atoms with E-state index in [9.17, 15) is 26.8 Å². The molecule has 11 heteroatoms. The number of esters is 2. The van der Waals surface area contributed by atoms with Gasteiger partial charge in [0.05, 0.1) is 11.8 Å². The van der Waals surface area contributed by atoms with Gasteiger partial charge < -0.3 is 9.47 Å². The first kappa shape index (κ1) is 15.4. The van der Waals surface area contributed by atoms with Crippen molar-refractivity contribution in [2.45, 2.75) is 35.7 Å². The van der Waals surface area contributed by atoms with E-state index in [0.717, 1.165) is 0 Å². The highest BCUT2D eigenvalue weighted by Crippen LogP contribution is 2.41. The summed E-state index contributed by atoms with van der Waals surface area (Å²) in [4.78, 5) is 22.3. The van der Waals surface area contributed by atoms with Crippen LogP contribution >= 0.6 is 11.6 Å². The molecule has 2 rings (SSSR count). The SMILES string of the molecule is O=C1CC2CC(Cl)C(O1)C2OC(=O)C(F)(F)S(=O)(=O)O. The standard InChI is InChI=1S/C9H9ClF2O7S/c10-4-1-3-2-5(13)18-7(4)6(3)19-8(14)9(11,12)20(15,16)17/h3-4,6-7H,1-2H2,(H,15,16,17). The van der Waals surface area contributed by atoms with Crippen molar-refractivity contribution in [3.05, 3.63) is 0 Å². The van der Waals surface area contributed by atoms with Crippen LogP contribution in [0.15, 0.2) is 0 Å². The molecule has 0 amide bonds. The van der Waals surface area contributed by atoms with Crippen LogP contribution in [0.25, 0.3) is 0 Å². The molecule has 1 N–H and O–H groups in total. The highest BCUT2D eigenvalue weighted by molar-refractivity contribution is 7.87. The minimum Gasteiger partial charge on any atom is -0.457 e. The van der Waals surface area contributed by atoms with E-state index >= 15 is 0 Å². The number of rotatable bonds is 3. The van der Waals surface area contributed by atoms with Gasteiger partial charge in [-0.3, -0.25) is 9.35 Å². The molecule has 2 fully saturated rings. The molecule has 0 spiro atoms. The van der Waals surface area contributed by atoms with E-state index in [1.807, 2.05) is 0 Å². The van der Waals surface area contributed by atoms with Crippen molar-refractivity contribution in [2.75, 3.05) is 0 Å². The number of ether oxygens (including phenoxy) is 2. The van der Waals surface area contributed by atoms with Crippen molar-refractivity contribution in [1.29, 1.82) is 0 Å². The summed E-state index contributed by atoms with van der Waals surface area (Å²) in [6, 6.07) is 0. The van der Waals surface area contributed by atoms with E-state index in [4.69, 9.17) is 20.9 Å². The second-order valence-corrected chi connectivity index (χ2v) is 6.56. The Morgan fingerprint density at radius 1 is 1.50 bits per heavy atom. The molecule has 1 heterocycles. The van der Waals surface area contributed by atoms with Gasteiger partial charge in [-0.05, 0) is 6.42 Å². The van der Waals surface area contributed by atoms with Gasteiger partial charge in [-0.15, -0.1) is 11.6 Å². The van der Waals surface area contributed by atoms with Crippen LogP contribution in [0.1, 0.15) is 12.8 Å². The topological polar surface area (TPSA) is 107 Å². The molecule has 0 aromatic heterocycles. The third-order valence-corrected chi connectivity index (χ3v) is 4.42. The van der Waals surface area contributed by atoms with E-state index in [2.05, 4.69) is 4.74 Å². The van der Waals surface area contributed by atoms with Gasteiger partial charge in [0.15, 0.2) is 6.10 Å². The molecule has 4 unspecified atom stereocenters. The Bertz CT molecular complexity index is 548. The van der Waals surface area contributed by atoms with Crippen LogP contribution in [0, 0.1) is 5.92 Å². The summed E-state index contributed by atoms with van der Waals surface area (Å²) in [6.45, 7) is 0. The smallest absolute Gasteiger partial charge is 0.457 e. The molecule has 1 aliphatic heterocycles. The maximum atomic E-state index is 13.1. The van der Waals surface area contributed by atoms with Gasteiger partial charge in [-0.2, -0.15) is 17.2 Å². The lowest BCUT2D eigenvalue weighted by Crippen LogP contribution is -2.47. The second-order valence-electron chi connectivity index (χ2n) is 4.53. The number of carbonyl (C=O) groups excluding carboxylic acids is 2. The number of fused-ring (bicyclic) bond motifs is 2. The third-order valence-electron chi connectivity index (χ3n) is 3.17. The second kappa shape index (κ2) is 4.78. The predicted molar refractivity (Wildman–Crippen MR) is 58.6 cm³/mol. The molecule has 2 bridgehead atoms. The maximum Gasteiger partial charge on any atom is 0.465 e. The average Bonchev–Trinajstić information content (AvgIpc) is 2.47. The third kappa shape index (κ3) is 2.47. The first-order valence-electron chi connectivity index (χ1n) is 5.43. The van der Waals surface area contributed by atoms with Gasteiger partial charge in [0.2, 0.25) is 0 Å². The van der Waals surface area contributed by atoms with Crippen molar-refractivity contribution in [3.8, 4) is 0 Å². The lowest BCUT2D eigenvalue weighted by Gasteiger charge is -2.30. The molecule has 0 aromatic carbocycles. The van der Waals surface area contributed by atoms with Crippen LogP contribution in [0.2, 0.25) is 0 Å². The molecule has 20 heavy (non-hydrogen) atoms. The summed E-state index contributed by atoms with van der Waals surface area (Å²) in [6.07, 6.45) is -2.33. The molecular weight excluding hydrogens is 326 g/mol. The Morgan fingerprint density at radius 2 is 2.10 bits per heavy atom. The highest BCUT2D eigenvalue weighted by Gasteiger charge is 2.58. The molecule has 1 aliphatic carbocycles. The average molecular weight is 335 g/mol. The fourth-order valence-corrected chi connectivity index (χ4v) is 2.93. The fraction of sp³-hybridized carbons (Fsp3) is 0.778. The summed E-state index contributed by atoms with van der Waals surface area (Å²) < 4.78 is 64.5. The molecule has 7 nitrogen and oxygen atoms in total. The van der Waals surface area contributed by atoms with Gasteiger partial charge in [-0.1, -0.05) is 0 Å². The van der Waals surface area contributed by atoms with Gasteiger partial charge in [-0.25, -0.2) is 4.79 Å². The van der Waals surface area contributed by atoms with Gasteiger partial charge in [0.25, 0.3) is 0 Å². The molecule has 4 atom stereocenters. The minimum absolute atomic E-state index is 0.172. The van der Waals surface area contributed by atoms with E-state index < -0.39 is 50.8 Å². The Kier molecular flexibility index (Phi) is 3.68. The van der Waals surface area contributed by atoms with E-state index in [1.54, 1.807) is 0 Å². The lowest BCUT2D eigenvalue weighted by molar-refractivity contribution is -0.187. The van der Waals surface area contributed by atoms with Crippen LogP contribution in [-0.4, -0.2) is 47.7 Å². The Hall–Kier alpha value is -1.00. The van der Waals surface area contributed by atoms with Crippen LogP contribution < -0.4 is 0 Å². The first-order valence-corrected chi connectivity index (χ1v) is 7.31. The van der Waals surface area contributed by atoms with E-state index in [1.165, 1.54) is 0 Å². The summed E-state index contributed by atoms with van der Waals surface area (Å²) in [7, 11) is -5.94. The minimum atomic E-state index is -5.94. The first-order chi connectivity index (χ1) is 9.04. The van der Waals surface area contributed by atoms with E-state index in [-0.39, 0.29) is 12.8 Å². The van der Waals surface area contributed by atoms with Gasteiger partial charge >= 0.3 is 27.3 Å². The summed E-state index contributed by atoms with van der Waals surface area (Å²) in [5, 5.41) is -5.81. The predicted octanol–water partition coefficient (Wildman–Crippen LogP) is 0.322. The lowest BCUT2D eigenvalue weighted by atomic mass is 9.99. The summed E-state index contributed by atoms with van der Waals surface area (Å²) in [5.74, 6) is -3.65. The Balaban J connectivity index is 2.16. The number of halogens is 3. The fourth-order valence-electron chi connectivity index (χ4n) is 2.25. The number of carbonyl (C=O) groups is 2. The van der Waals surface area contributed by atoms with Crippen molar-refractivity contribution >= 4 is 33.7 Å².